The van der Waals surface area contributed by atoms with Gasteiger partial charge in [-0.25, -0.2) is 4.98 Å². The van der Waals surface area contributed by atoms with Crippen molar-refractivity contribution in [2.75, 3.05) is 5.32 Å². The fraction of sp³-hybridized carbons (Fsp3) is 0.0833. The molecule has 3 aromatic carbocycles. The number of carbonyl (C=O) groups excluding carboxylic acids is 1. The van der Waals surface area contributed by atoms with Crippen molar-refractivity contribution in [2.24, 2.45) is 0 Å². The number of aryl methyl sites for hydroxylation is 1. The number of nitrogens with zero attached hydrogens (tertiary/aromatic N) is 1. The minimum absolute atomic E-state index is 0.225. The quantitative estimate of drug-likeness (QED) is 0.266. The third kappa shape index (κ3) is 3.76. The van der Waals surface area contributed by atoms with Gasteiger partial charge in [0.15, 0.2) is 5.58 Å². The number of carbonyl (C=O) groups is 1. The molecular weight excluding hydrogens is 496 g/mol. The Bertz CT molecular complexity index is 1440. The van der Waals surface area contributed by atoms with Gasteiger partial charge in [0.2, 0.25) is 5.89 Å². The van der Waals surface area contributed by atoms with E-state index in [0.717, 1.165) is 37.6 Å². The number of nitrogens with one attached hydrogen (secondary N) is 1. The van der Waals surface area contributed by atoms with E-state index in [9.17, 15) is 4.79 Å². The second-order valence-electron chi connectivity index (χ2n) is 7.07. The number of benzene rings is 3. The van der Waals surface area contributed by atoms with Crippen molar-refractivity contribution >= 4 is 71.6 Å². The van der Waals surface area contributed by atoms with Crippen LogP contribution in [-0.2, 0) is 6.42 Å². The number of fused-ring (bicyclic) bond motifs is 2. The molecule has 0 aliphatic rings. The summed E-state index contributed by atoms with van der Waals surface area (Å²) in [6.07, 6.45) is 0.926. The lowest BCUT2D eigenvalue weighted by atomic mass is 10.1. The van der Waals surface area contributed by atoms with Gasteiger partial charge in [0.05, 0.1) is 9.50 Å². The number of aromatic nitrogens is 1. The number of thiophene rings is 1. The van der Waals surface area contributed by atoms with Crippen LogP contribution in [0, 0.1) is 0 Å². The number of anilines is 1. The molecule has 0 radical (unpaired) electrons. The van der Waals surface area contributed by atoms with Crippen LogP contribution in [0.1, 0.15) is 22.2 Å². The van der Waals surface area contributed by atoms with E-state index in [0.29, 0.717) is 21.5 Å². The summed E-state index contributed by atoms with van der Waals surface area (Å²) in [5, 5.41) is 4.29. The Kier molecular flexibility index (Phi) is 5.30. The summed E-state index contributed by atoms with van der Waals surface area (Å²) < 4.78 is 7.84. The van der Waals surface area contributed by atoms with Gasteiger partial charge in [-0.15, -0.1) is 11.3 Å². The van der Waals surface area contributed by atoms with Crippen LogP contribution in [-0.4, -0.2) is 10.9 Å². The summed E-state index contributed by atoms with van der Waals surface area (Å²) in [5.74, 6) is 0.311. The first kappa shape index (κ1) is 20.2. The van der Waals surface area contributed by atoms with Crippen molar-refractivity contribution in [3.05, 3.63) is 80.6 Å². The summed E-state index contributed by atoms with van der Waals surface area (Å²) in [4.78, 5) is 17.9. The van der Waals surface area contributed by atoms with Crippen LogP contribution in [0.5, 0.6) is 0 Å². The Labute approximate surface area is 196 Å². The van der Waals surface area contributed by atoms with E-state index in [4.69, 9.17) is 16.0 Å². The van der Waals surface area contributed by atoms with E-state index in [1.54, 1.807) is 0 Å². The second-order valence-corrected chi connectivity index (χ2v) is 9.36. The van der Waals surface area contributed by atoms with Gasteiger partial charge in [0.1, 0.15) is 10.4 Å². The third-order valence-electron chi connectivity index (χ3n) is 5.04. The molecule has 0 saturated heterocycles. The molecule has 7 heteroatoms. The van der Waals surface area contributed by atoms with Gasteiger partial charge in [-0.05, 0) is 70.4 Å². The van der Waals surface area contributed by atoms with Gasteiger partial charge >= 0.3 is 0 Å². The minimum Gasteiger partial charge on any atom is -0.435 e. The van der Waals surface area contributed by atoms with Crippen molar-refractivity contribution in [2.45, 2.75) is 13.3 Å². The highest BCUT2D eigenvalue weighted by Gasteiger charge is 2.17. The molecule has 154 valence electrons. The number of halogens is 2. The van der Waals surface area contributed by atoms with Crippen LogP contribution in [0.25, 0.3) is 32.6 Å². The maximum absolute atomic E-state index is 12.8. The van der Waals surface area contributed by atoms with Crippen LogP contribution in [0.2, 0.25) is 5.02 Å². The summed E-state index contributed by atoms with van der Waals surface area (Å²) in [7, 11) is 0. The molecule has 1 amide bonds. The zero-order valence-electron chi connectivity index (χ0n) is 16.4. The van der Waals surface area contributed by atoms with Gasteiger partial charge in [-0.3, -0.25) is 4.79 Å². The maximum Gasteiger partial charge on any atom is 0.267 e. The van der Waals surface area contributed by atoms with Crippen molar-refractivity contribution in [1.82, 2.24) is 4.98 Å². The van der Waals surface area contributed by atoms with Crippen molar-refractivity contribution in [3.8, 4) is 11.5 Å². The lowest BCUT2D eigenvalue weighted by molar-refractivity contribution is 0.103. The molecule has 1 N–H and O–H groups in total. The monoisotopic (exact) mass is 510 g/mol. The largest absolute Gasteiger partial charge is 0.435 e. The normalized spacial score (nSPS) is 11.3. The second kappa shape index (κ2) is 8.11. The van der Waals surface area contributed by atoms with E-state index in [-0.39, 0.29) is 5.91 Å². The van der Waals surface area contributed by atoms with Crippen LogP contribution in [0.4, 0.5) is 5.69 Å². The highest BCUT2D eigenvalue weighted by atomic mass is 79.9. The molecule has 2 aromatic heterocycles. The summed E-state index contributed by atoms with van der Waals surface area (Å²) in [6.45, 7) is 2.10. The zero-order valence-corrected chi connectivity index (χ0v) is 19.6. The number of rotatable bonds is 4. The summed E-state index contributed by atoms with van der Waals surface area (Å²) in [5.41, 5.74) is 4.24. The Balaban J connectivity index is 1.40. The van der Waals surface area contributed by atoms with E-state index >= 15 is 0 Å². The first-order valence-electron chi connectivity index (χ1n) is 9.71. The van der Waals surface area contributed by atoms with E-state index in [1.807, 2.05) is 54.6 Å². The molecule has 0 saturated carbocycles. The fourth-order valence-corrected chi connectivity index (χ4v) is 5.41. The predicted molar refractivity (Wildman–Crippen MR) is 131 cm³/mol. The van der Waals surface area contributed by atoms with Gasteiger partial charge in [-0.1, -0.05) is 36.7 Å². The smallest absolute Gasteiger partial charge is 0.267 e. The third-order valence-corrected chi connectivity index (χ3v) is 7.31. The number of hydrogen-bond donors (Lipinski definition) is 1. The number of hydrogen-bond acceptors (Lipinski definition) is 4. The molecule has 5 aromatic rings. The van der Waals surface area contributed by atoms with Crippen LogP contribution in [0.3, 0.4) is 0 Å². The Morgan fingerprint density at radius 3 is 2.68 bits per heavy atom. The molecule has 0 fully saturated rings. The predicted octanol–water partition coefficient (Wildman–Crippen LogP) is 7.94. The molecule has 5 rings (SSSR count). The van der Waals surface area contributed by atoms with Gasteiger partial charge in [0.25, 0.3) is 5.91 Å². The molecule has 2 heterocycles. The number of amides is 1. The SMILES string of the molecule is CCc1cc(Br)c2oc(-c3ccc(NC(=O)c4sc5ccccc5c4Cl)cc3)nc2c1. The van der Waals surface area contributed by atoms with E-state index < -0.39 is 0 Å². The van der Waals surface area contributed by atoms with Crippen LogP contribution < -0.4 is 5.32 Å². The van der Waals surface area contributed by atoms with Crippen molar-refractivity contribution in [3.63, 3.8) is 0 Å². The first-order valence-corrected chi connectivity index (χ1v) is 11.7. The maximum atomic E-state index is 12.8. The van der Waals surface area contributed by atoms with Crippen molar-refractivity contribution in [1.29, 1.82) is 0 Å². The number of oxazole rings is 1. The molecular formula is C24H16BrClN2O2S. The van der Waals surface area contributed by atoms with Gasteiger partial charge in [-0.2, -0.15) is 0 Å². The molecule has 0 spiro atoms. The lowest BCUT2D eigenvalue weighted by Gasteiger charge is -2.04. The molecule has 0 bridgehead atoms. The molecule has 4 nitrogen and oxygen atoms in total. The standard InChI is InChI=1S/C24H16BrClN2O2S/c1-2-13-11-17(25)21-18(12-13)28-24(30-21)14-7-9-15(10-8-14)27-23(29)22-20(26)16-5-3-4-6-19(16)31-22/h3-12H,2H2,1H3,(H,27,29). The van der Waals surface area contributed by atoms with Crippen molar-refractivity contribution < 1.29 is 9.21 Å². The molecule has 0 unspecified atom stereocenters. The van der Waals surface area contributed by atoms with Crippen LogP contribution >= 0.6 is 38.9 Å². The Hall–Kier alpha value is -2.67. The van der Waals surface area contributed by atoms with Gasteiger partial charge < -0.3 is 9.73 Å². The average Bonchev–Trinajstić information content (AvgIpc) is 3.36. The van der Waals surface area contributed by atoms with Crippen LogP contribution in [0.15, 0.2) is 69.6 Å². The van der Waals surface area contributed by atoms with E-state index in [2.05, 4.69) is 39.2 Å². The first-order chi connectivity index (χ1) is 15.0. The Morgan fingerprint density at radius 2 is 1.94 bits per heavy atom. The lowest BCUT2D eigenvalue weighted by Crippen LogP contribution is -2.10. The van der Waals surface area contributed by atoms with Gasteiger partial charge in [0, 0.05) is 21.3 Å². The zero-order chi connectivity index (χ0) is 21.5. The minimum atomic E-state index is -0.225. The average molecular weight is 512 g/mol. The molecule has 0 aliphatic heterocycles. The summed E-state index contributed by atoms with van der Waals surface area (Å²) in [6, 6.07) is 19.2. The molecule has 0 atom stereocenters. The Morgan fingerprint density at radius 1 is 1.16 bits per heavy atom. The molecule has 31 heavy (non-hydrogen) atoms. The summed E-state index contributed by atoms with van der Waals surface area (Å²) >= 11 is 11.4. The highest BCUT2D eigenvalue weighted by Crippen LogP contribution is 2.36. The topological polar surface area (TPSA) is 55.1 Å². The fourth-order valence-electron chi connectivity index (χ4n) is 3.42. The molecule has 0 aliphatic carbocycles. The highest BCUT2D eigenvalue weighted by molar-refractivity contribution is 9.10. The van der Waals surface area contributed by atoms with E-state index in [1.165, 1.54) is 16.9 Å².